The maximum Gasteiger partial charge on any atom is 0.261 e. The number of methoxy groups -OCH3 is 1. The molecule has 0 saturated carbocycles. The molecule has 1 aromatic carbocycles. The molecule has 0 atom stereocenters. The summed E-state index contributed by atoms with van der Waals surface area (Å²) in [5, 5.41) is 9.43. The highest BCUT2D eigenvalue weighted by Crippen LogP contribution is 2.24. The lowest BCUT2D eigenvalue weighted by molar-refractivity contribution is 0.406. The number of aromatic nitrogens is 3. The predicted molar refractivity (Wildman–Crippen MR) is 90.1 cm³/mol. The Kier molecular flexibility index (Phi) is 4.00. The molecular weight excluding hydrogens is 304 g/mol. The van der Waals surface area contributed by atoms with Gasteiger partial charge in [0.15, 0.2) is 0 Å². The van der Waals surface area contributed by atoms with Gasteiger partial charge in [0.1, 0.15) is 5.75 Å². The third-order valence-corrected chi connectivity index (χ3v) is 4.02. The first-order valence-corrected chi connectivity index (χ1v) is 7.43. The first kappa shape index (κ1) is 15.7. The summed E-state index contributed by atoms with van der Waals surface area (Å²) in [4.78, 5) is 21.4. The van der Waals surface area contributed by atoms with Crippen LogP contribution in [0.2, 0.25) is 0 Å². The molecule has 0 aliphatic rings. The molecule has 0 bridgehead atoms. The van der Waals surface area contributed by atoms with E-state index in [1.54, 1.807) is 31.5 Å². The maximum atomic E-state index is 12.7. The van der Waals surface area contributed by atoms with Gasteiger partial charge >= 0.3 is 0 Å². The number of aryl methyl sites for hydroxylation is 1. The first-order valence-electron chi connectivity index (χ1n) is 7.43. The second-order valence-electron chi connectivity index (χ2n) is 5.57. The van der Waals surface area contributed by atoms with Crippen LogP contribution in [0.5, 0.6) is 5.75 Å². The van der Waals surface area contributed by atoms with Crippen LogP contribution in [-0.2, 0) is 6.54 Å². The molecule has 0 N–H and O–H groups in total. The van der Waals surface area contributed by atoms with E-state index in [9.17, 15) is 4.79 Å². The van der Waals surface area contributed by atoms with E-state index in [4.69, 9.17) is 10.00 Å². The Bertz CT molecular complexity index is 1030. The Morgan fingerprint density at radius 1 is 1.29 bits per heavy atom. The van der Waals surface area contributed by atoms with Crippen LogP contribution in [0.1, 0.15) is 22.4 Å². The summed E-state index contributed by atoms with van der Waals surface area (Å²) in [5.41, 5.74) is 3.40. The van der Waals surface area contributed by atoms with Gasteiger partial charge in [-0.2, -0.15) is 5.26 Å². The zero-order chi connectivity index (χ0) is 17.3. The van der Waals surface area contributed by atoms with Gasteiger partial charge in [-0.3, -0.25) is 14.3 Å². The summed E-state index contributed by atoms with van der Waals surface area (Å²) >= 11 is 0. The summed E-state index contributed by atoms with van der Waals surface area (Å²) in [5.74, 6) is 0.772. The largest absolute Gasteiger partial charge is 0.496 e. The molecular formula is C18H16N4O2. The number of hydrogen-bond donors (Lipinski definition) is 0. The van der Waals surface area contributed by atoms with Crippen molar-refractivity contribution in [1.29, 1.82) is 5.26 Å². The third kappa shape index (κ3) is 2.61. The Morgan fingerprint density at radius 3 is 2.79 bits per heavy atom. The average Bonchev–Trinajstić information content (AvgIpc) is 2.60. The fraction of sp³-hybridized carbons (Fsp3) is 0.222. The highest BCUT2D eigenvalue weighted by atomic mass is 16.5. The molecule has 0 saturated heterocycles. The molecule has 6 nitrogen and oxygen atoms in total. The molecule has 0 aliphatic carbocycles. The van der Waals surface area contributed by atoms with E-state index in [1.165, 1.54) is 10.9 Å². The van der Waals surface area contributed by atoms with Crippen LogP contribution in [-0.4, -0.2) is 21.6 Å². The van der Waals surface area contributed by atoms with Crippen molar-refractivity contribution in [2.45, 2.75) is 20.4 Å². The maximum absolute atomic E-state index is 12.7. The lowest BCUT2D eigenvalue weighted by atomic mass is 10.1. The number of rotatable bonds is 3. The van der Waals surface area contributed by atoms with Crippen molar-refractivity contribution in [3.63, 3.8) is 0 Å². The molecule has 0 aliphatic heterocycles. The number of ether oxygens (including phenoxy) is 1. The highest BCUT2D eigenvalue weighted by Gasteiger charge is 2.12. The highest BCUT2D eigenvalue weighted by molar-refractivity contribution is 5.78. The van der Waals surface area contributed by atoms with E-state index in [-0.39, 0.29) is 5.56 Å². The van der Waals surface area contributed by atoms with Gasteiger partial charge < -0.3 is 4.74 Å². The van der Waals surface area contributed by atoms with Crippen molar-refractivity contribution in [1.82, 2.24) is 14.5 Å². The van der Waals surface area contributed by atoms with Gasteiger partial charge in [0.25, 0.3) is 5.56 Å². The van der Waals surface area contributed by atoms with E-state index >= 15 is 0 Å². The number of fused-ring (bicyclic) bond motifs is 1. The Labute approximate surface area is 139 Å². The molecule has 0 unspecified atom stereocenters. The quantitative estimate of drug-likeness (QED) is 0.740. The molecule has 3 rings (SSSR count). The summed E-state index contributed by atoms with van der Waals surface area (Å²) in [6.45, 7) is 4.14. The van der Waals surface area contributed by atoms with Crippen molar-refractivity contribution >= 4 is 10.9 Å². The molecule has 0 radical (unpaired) electrons. The fourth-order valence-electron chi connectivity index (χ4n) is 2.73. The van der Waals surface area contributed by atoms with Gasteiger partial charge in [-0.25, -0.2) is 4.98 Å². The lowest BCUT2D eigenvalue weighted by Crippen LogP contribution is -2.22. The SMILES string of the molecule is COc1c(C)cnc(Cn2cnc3ccc(C#N)cc3c2=O)c1C. The summed E-state index contributed by atoms with van der Waals surface area (Å²) < 4.78 is 6.90. The van der Waals surface area contributed by atoms with Gasteiger partial charge in [0, 0.05) is 17.3 Å². The van der Waals surface area contributed by atoms with Crippen LogP contribution in [0, 0.1) is 25.2 Å². The van der Waals surface area contributed by atoms with Gasteiger partial charge in [0.2, 0.25) is 0 Å². The number of nitriles is 1. The molecule has 0 amide bonds. The van der Waals surface area contributed by atoms with Crippen molar-refractivity contribution in [3.05, 3.63) is 63.5 Å². The second kappa shape index (κ2) is 6.13. The minimum absolute atomic E-state index is 0.196. The van der Waals surface area contributed by atoms with Gasteiger partial charge in [-0.15, -0.1) is 0 Å². The second-order valence-corrected chi connectivity index (χ2v) is 5.57. The van der Waals surface area contributed by atoms with Crippen LogP contribution in [0.15, 0.2) is 35.5 Å². The van der Waals surface area contributed by atoms with Crippen LogP contribution in [0.4, 0.5) is 0 Å². The van der Waals surface area contributed by atoms with Crippen molar-refractivity contribution in [3.8, 4) is 11.8 Å². The van der Waals surface area contributed by atoms with Crippen molar-refractivity contribution in [2.75, 3.05) is 7.11 Å². The molecule has 2 heterocycles. The zero-order valence-electron chi connectivity index (χ0n) is 13.7. The van der Waals surface area contributed by atoms with Crippen LogP contribution < -0.4 is 10.3 Å². The number of pyridine rings is 1. The molecule has 0 spiro atoms. The molecule has 120 valence electrons. The minimum Gasteiger partial charge on any atom is -0.496 e. The number of benzene rings is 1. The average molecular weight is 320 g/mol. The van der Waals surface area contributed by atoms with Crippen LogP contribution in [0.25, 0.3) is 10.9 Å². The number of nitrogens with zero attached hydrogens (tertiary/aromatic N) is 4. The smallest absolute Gasteiger partial charge is 0.261 e. The van der Waals surface area contributed by atoms with Crippen LogP contribution in [0.3, 0.4) is 0 Å². The van der Waals surface area contributed by atoms with E-state index in [0.717, 1.165) is 22.6 Å². The first-order chi connectivity index (χ1) is 11.5. The van der Waals surface area contributed by atoms with Crippen LogP contribution >= 0.6 is 0 Å². The van der Waals surface area contributed by atoms with Gasteiger partial charge in [0.05, 0.1) is 48.2 Å². The standard InChI is InChI=1S/C18H16N4O2/c1-11-8-20-16(12(2)17(11)24-3)9-22-10-21-15-5-4-13(7-19)6-14(15)18(22)23/h4-6,8,10H,9H2,1-3H3. The summed E-state index contributed by atoms with van der Waals surface area (Å²) in [6, 6.07) is 6.93. The van der Waals surface area contributed by atoms with Crippen molar-refractivity contribution < 1.29 is 4.74 Å². The van der Waals surface area contributed by atoms with E-state index in [2.05, 4.69) is 9.97 Å². The monoisotopic (exact) mass is 320 g/mol. The molecule has 24 heavy (non-hydrogen) atoms. The summed E-state index contributed by atoms with van der Waals surface area (Å²) in [6.07, 6.45) is 3.23. The fourth-order valence-corrected chi connectivity index (χ4v) is 2.73. The van der Waals surface area contributed by atoms with E-state index in [1.807, 2.05) is 19.9 Å². The molecule has 3 aromatic rings. The zero-order valence-corrected chi connectivity index (χ0v) is 13.7. The van der Waals surface area contributed by atoms with Gasteiger partial charge in [-0.05, 0) is 32.0 Å². The molecule has 0 fully saturated rings. The van der Waals surface area contributed by atoms with E-state index in [0.29, 0.717) is 23.0 Å². The third-order valence-electron chi connectivity index (χ3n) is 4.02. The van der Waals surface area contributed by atoms with Crippen molar-refractivity contribution in [2.24, 2.45) is 0 Å². The van der Waals surface area contributed by atoms with Gasteiger partial charge in [-0.1, -0.05) is 0 Å². The van der Waals surface area contributed by atoms with E-state index < -0.39 is 0 Å². The topological polar surface area (TPSA) is 80.8 Å². The predicted octanol–water partition coefficient (Wildman–Crippen LogP) is 2.34. The molecule has 6 heteroatoms. The number of hydrogen-bond acceptors (Lipinski definition) is 5. The lowest BCUT2D eigenvalue weighted by Gasteiger charge is -2.13. The summed E-state index contributed by atoms with van der Waals surface area (Å²) in [7, 11) is 1.62. The Morgan fingerprint density at radius 2 is 2.08 bits per heavy atom. The minimum atomic E-state index is -0.196. The molecule has 2 aromatic heterocycles. The Balaban J connectivity index is 2.10. The Hall–Kier alpha value is -3.20. The normalized spacial score (nSPS) is 10.6.